The van der Waals surface area contributed by atoms with Crippen molar-refractivity contribution in [2.45, 2.75) is 12.5 Å². The molecule has 0 saturated carbocycles. The van der Waals surface area contributed by atoms with E-state index in [1.54, 1.807) is 25.3 Å². The zero-order valence-electron chi connectivity index (χ0n) is 14.6. The Balaban J connectivity index is 1.65. The Morgan fingerprint density at radius 3 is 2.96 bits per heavy atom. The summed E-state index contributed by atoms with van der Waals surface area (Å²) in [7, 11) is 0.166. The standard InChI is InChI=1S/C17H15F2N5O2S2/c1-24-17(20)22-13(7-28(24)25)15-12(19)6-14(27-15)10-4-2-3-9(5-11(10)18)16-23-21-8-26-16/h2-4,6,8,13H,5,7H2,1H3,(H2,20,22). The maximum atomic E-state index is 14.9. The summed E-state index contributed by atoms with van der Waals surface area (Å²) >= 11 is 1.08. The average molecular weight is 423 g/mol. The predicted octanol–water partition coefficient (Wildman–Crippen LogP) is 2.96. The Morgan fingerprint density at radius 2 is 2.25 bits per heavy atom. The van der Waals surface area contributed by atoms with Crippen molar-refractivity contribution in [3.8, 4) is 0 Å². The van der Waals surface area contributed by atoms with Crippen molar-refractivity contribution < 1.29 is 17.4 Å². The largest absolute Gasteiger partial charge is 0.424 e. The van der Waals surface area contributed by atoms with Gasteiger partial charge in [-0.15, -0.1) is 21.5 Å². The molecule has 7 nitrogen and oxygen atoms in total. The van der Waals surface area contributed by atoms with Crippen LogP contribution in [0, 0.1) is 5.82 Å². The minimum absolute atomic E-state index is 0.0529. The Kier molecular flexibility index (Phi) is 4.94. The molecule has 0 fully saturated rings. The summed E-state index contributed by atoms with van der Waals surface area (Å²) in [5.74, 6) is -0.532. The number of aromatic nitrogens is 2. The topological polar surface area (TPSA) is 97.6 Å². The van der Waals surface area contributed by atoms with Gasteiger partial charge in [-0.25, -0.2) is 18.0 Å². The quantitative estimate of drug-likeness (QED) is 0.819. The second-order valence-corrected chi connectivity index (χ2v) is 8.71. The number of allylic oxidation sites excluding steroid dienone is 6. The van der Waals surface area contributed by atoms with Crippen molar-refractivity contribution in [2.75, 3.05) is 12.8 Å². The van der Waals surface area contributed by atoms with Crippen molar-refractivity contribution in [3.63, 3.8) is 0 Å². The molecular weight excluding hydrogens is 408 g/mol. The molecule has 0 amide bonds. The first-order chi connectivity index (χ1) is 13.4. The van der Waals surface area contributed by atoms with Crippen molar-refractivity contribution in [2.24, 2.45) is 10.7 Å². The van der Waals surface area contributed by atoms with Gasteiger partial charge in [0.05, 0.1) is 10.6 Å². The van der Waals surface area contributed by atoms with Gasteiger partial charge in [-0.2, -0.15) is 0 Å². The minimum Gasteiger partial charge on any atom is -0.424 e. The highest BCUT2D eigenvalue weighted by Gasteiger charge is 2.29. The molecule has 146 valence electrons. The lowest BCUT2D eigenvalue weighted by atomic mass is 10.1. The molecule has 0 saturated heterocycles. The number of nitrogens with zero attached hydrogens (tertiary/aromatic N) is 4. The molecule has 0 aromatic carbocycles. The van der Waals surface area contributed by atoms with E-state index in [1.165, 1.54) is 16.8 Å². The molecule has 3 heterocycles. The lowest BCUT2D eigenvalue weighted by Crippen LogP contribution is -2.41. The van der Waals surface area contributed by atoms with Crippen LogP contribution in [0.3, 0.4) is 0 Å². The molecule has 1 aliphatic heterocycles. The average Bonchev–Trinajstić information content (AvgIpc) is 3.27. The highest BCUT2D eigenvalue weighted by Crippen LogP contribution is 2.39. The number of rotatable bonds is 3. The summed E-state index contributed by atoms with van der Waals surface area (Å²) in [4.78, 5) is 4.92. The van der Waals surface area contributed by atoms with Crippen molar-refractivity contribution in [1.29, 1.82) is 0 Å². The molecular formula is C17H15F2N5O2S2. The number of halogens is 2. The second-order valence-electron chi connectivity index (χ2n) is 6.10. The normalized spacial score (nSPS) is 22.9. The van der Waals surface area contributed by atoms with Crippen LogP contribution in [0.25, 0.3) is 11.1 Å². The summed E-state index contributed by atoms with van der Waals surface area (Å²) in [6, 6.07) is 0.602. The molecule has 0 bridgehead atoms. The fourth-order valence-electron chi connectivity index (χ4n) is 2.85. The smallest absolute Gasteiger partial charge is 0.243 e. The van der Waals surface area contributed by atoms with E-state index >= 15 is 0 Å². The Bertz CT molecular complexity index is 1060. The van der Waals surface area contributed by atoms with Crippen LogP contribution in [0.1, 0.15) is 28.1 Å². The second kappa shape index (κ2) is 7.40. The molecule has 11 heteroatoms. The number of hydrogen-bond acceptors (Lipinski definition) is 7. The van der Waals surface area contributed by atoms with Crippen molar-refractivity contribution in [1.82, 2.24) is 14.5 Å². The van der Waals surface area contributed by atoms with E-state index in [4.69, 9.17) is 10.2 Å². The molecule has 2 atom stereocenters. The van der Waals surface area contributed by atoms with Crippen LogP contribution >= 0.6 is 11.3 Å². The predicted molar refractivity (Wildman–Crippen MR) is 103 cm³/mol. The first-order valence-corrected chi connectivity index (χ1v) is 10.3. The lowest BCUT2D eigenvalue weighted by molar-refractivity contribution is 0.532. The molecule has 2 N–H and O–H groups in total. The molecule has 2 aliphatic rings. The summed E-state index contributed by atoms with van der Waals surface area (Å²) in [6.45, 7) is 0. The Labute approximate surface area is 165 Å². The summed E-state index contributed by atoms with van der Waals surface area (Å²) < 4.78 is 48.0. The fourth-order valence-corrected chi connectivity index (χ4v) is 5.07. The van der Waals surface area contributed by atoms with Gasteiger partial charge in [0.25, 0.3) is 0 Å². The van der Waals surface area contributed by atoms with Crippen LogP contribution in [-0.4, -0.2) is 37.5 Å². The third-order valence-electron chi connectivity index (χ3n) is 4.33. The molecule has 4 rings (SSSR count). The number of guanidine groups is 1. The molecule has 2 unspecified atom stereocenters. The SMILES string of the molecule is CN1C(N)=NC(c2sc(C3=C(F)CC(c4nnco4)=CC=C3)cc2F)CS1=O. The minimum atomic E-state index is -1.40. The third-order valence-corrected chi connectivity index (χ3v) is 6.97. The summed E-state index contributed by atoms with van der Waals surface area (Å²) in [6.07, 6.45) is 6.02. The van der Waals surface area contributed by atoms with Crippen molar-refractivity contribution >= 4 is 39.4 Å². The Hall–Kier alpha value is -2.66. The van der Waals surface area contributed by atoms with E-state index < -0.39 is 28.7 Å². The van der Waals surface area contributed by atoms with E-state index in [0.717, 1.165) is 11.3 Å². The zero-order valence-corrected chi connectivity index (χ0v) is 16.3. The van der Waals surface area contributed by atoms with Gasteiger partial charge in [-0.05, 0) is 6.07 Å². The van der Waals surface area contributed by atoms with Gasteiger partial charge in [-0.3, -0.25) is 4.31 Å². The Morgan fingerprint density at radius 1 is 1.43 bits per heavy atom. The van der Waals surface area contributed by atoms with Crippen LogP contribution in [-0.2, 0) is 11.0 Å². The highest BCUT2D eigenvalue weighted by molar-refractivity contribution is 7.83. The van der Waals surface area contributed by atoms with Crippen LogP contribution in [0.4, 0.5) is 8.78 Å². The first-order valence-electron chi connectivity index (χ1n) is 8.21. The van der Waals surface area contributed by atoms with Gasteiger partial charge in [0.1, 0.15) is 28.7 Å². The van der Waals surface area contributed by atoms with E-state index in [2.05, 4.69) is 15.2 Å². The van der Waals surface area contributed by atoms with Crippen molar-refractivity contribution in [3.05, 3.63) is 58.0 Å². The number of aliphatic imine (C=N–C) groups is 1. The number of thiophene rings is 1. The van der Waals surface area contributed by atoms with Gasteiger partial charge in [0, 0.05) is 29.5 Å². The fraction of sp³-hybridized carbons (Fsp3) is 0.235. The van der Waals surface area contributed by atoms with Gasteiger partial charge in [0.15, 0.2) is 0 Å². The van der Waals surface area contributed by atoms with E-state index in [1.807, 2.05) is 0 Å². The van der Waals surface area contributed by atoms with E-state index in [0.29, 0.717) is 10.5 Å². The van der Waals surface area contributed by atoms with Crippen LogP contribution in [0.2, 0.25) is 0 Å². The highest BCUT2D eigenvalue weighted by atomic mass is 32.2. The molecule has 0 radical (unpaired) electrons. The van der Waals surface area contributed by atoms with Crippen LogP contribution in [0.15, 0.2) is 45.9 Å². The zero-order chi connectivity index (χ0) is 19.8. The molecule has 1 aliphatic carbocycles. The maximum Gasteiger partial charge on any atom is 0.243 e. The maximum absolute atomic E-state index is 14.9. The first kappa shape index (κ1) is 18.7. The molecule has 2 aromatic rings. The molecule has 0 spiro atoms. The van der Waals surface area contributed by atoms with E-state index in [9.17, 15) is 13.0 Å². The van der Waals surface area contributed by atoms with E-state index in [-0.39, 0.29) is 34.5 Å². The monoisotopic (exact) mass is 423 g/mol. The van der Waals surface area contributed by atoms with Gasteiger partial charge in [0.2, 0.25) is 18.2 Å². The molecule has 2 aromatic heterocycles. The van der Waals surface area contributed by atoms with Gasteiger partial charge >= 0.3 is 0 Å². The summed E-state index contributed by atoms with van der Waals surface area (Å²) in [5, 5.41) is 7.38. The lowest BCUT2D eigenvalue weighted by Gasteiger charge is -2.25. The summed E-state index contributed by atoms with van der Waals surface area (Å²) in [5.41, 5.74) is 6.56. The molecule has 28 heavy (non-hydrogen) atoms. The van der Waals surface area contributed by atoms with Gasteiger partial charge in [-0.1, -0.05) is 18.2 Å². The van der Waals surface area contributed by atoms with Crippen LogP contribution < -0.4 is 5.73 Å². The number of hydrogen-bond donors (Lipinski definition) is 1. The third kappa shape index (κ3) is 3.42. The van der Waals surface area contributed by atoms with Gasteiger partial charge < -0.3 is 10.2 Å². The number of nitrogens with two attached hydrogens (primary N) is 1. The van der Waals surface area contributed by atoms with Crippen LogP contribution in [0.5, 0.6) is 0 Å².